The Hall–Kier alpha value is -2.24. The molecule has 0 radical (unpaired) electrons. The fourth-order valence-electron chi connectivity index (χ4n) is 1.79. The third kappa shape index (κ3) is 6.47. The van der Waals surface area contributed by atoms with E-state index in [-0.39, 0.29) is 23.9 Å². The minimum atomic E-state index is -0.353. The number of carbonyl (C=O) groups is 2. The molecule has 1 aromatic rings. The zero-order chi connectivity index (χ0) is 16.6. The van der Waals surface area contributed by atoms with E-state index in [9.17, 15) is 9.59 Å². The fourth-order valence-corrected chi connectivity index (χ4v) is 1.79. The van der Waals surface area contributed by atoms with Crippen LogP contribution in [0.4, 0.5) is 10.5 Å². The Morgan fingerprint density at radius 2 is 1.82 bits per heavy atom. The molecule has 0 spiro atoms. The van der Waals surface area contributed by atoms with Crippen molar-refractivity contribution in [3.05, 3.63) is 29.8 Å². The average molecular weight is 306 g/mol. The van der Waals surface area contributed by atoms with Crippen LogP contribution in [0.3, 0.4) is 0 Å². The van der Waals surface area contributed by atoms with Crippen molar-refractivity contribution in [3.8, 4) is 0 Å². The first-order valence-electron chi connectivity index (χ1n) is 7.39. The molecule has 0 aromatic heterocycles. The second-order valence-corrected chi connectivity index (χ2v) is 6.04. The van der Waals surface area contributed by atoms with Crippen molar-refractivity contribution < 1.29 is 9.59 Å². The monoisotopic (exact) mass is 306 g/mol. The smallest absolute Gasteiger partial charge is 0.315 e. The molecule has 6 heteroatoms. The molecule has 0 aliphatic carbocycles. The maximum absolute atomic E-state index is 11.4. The summed E-state index contributed by atoms with van der Waals surface area (Å²) in [4.78, 5) is 22.4. The normalized spacial score (nSPS) is 10.7. The van der Waals surface area contributed by atoms with E-state index in [0.717, 1.165) is 5.69 Å². The van der Waals surface area contributed by atoms with E-state index >= 15 is 0 Å². The van der Waals surface area contributed by atoms with Crippen molar-refractivity contribution in [2.45, 2.75) is 26.2 Å². The first kappa shape index (κ1) is 17.8. The van der Waals surface area contributed by atoms with E-state index in [1.54, 1.807) is 0 Å². The maximum atomic E-state index is 11.4. The highest BCUT2D eigenvalue weighted by molar-refractivity contribution is 5.83. The molecule has 22 heavy (non-hydrogen) atoms. The molecule has 0 bridgehead atoms. The van der Waals surface area contributed by atoms with Gasteiger partial charge in [-0.15, -0.1) is 0 Å². The summed E-state index contributed by atoms with van der Waals surface area (Å²) in [5, 5.41) is 10.9. The van der Waals surface area contributed by atoms with Crippen LogP contribution in [-0.4, -0.2) is 38.6 Å². The molecule has 0 atom stereocenters. The van der Waals surface area contributed by atoms with Crippen LogP contribution in [0.1, 0.15) is 26.3 Å². The number of benzene rings is 1. The van der Waals surface area contributed by atoms with Gasteiger partial charge >= 0.3 is 6.03 Å². The summed E-state index contributed by atoms with van der Waals surface area (Å²) in [6, 6.07) is 7.89. The molecule has 0 saturated carbocycles. The maximum Gasteiger partial charge on any atom is 0.315 e. The van der Waals surface area contributed by atoms with Gasteiger partial charge in [-0.1, -0.05) is 32.9 Å². The molecule has 122 valence electrons. The number of amides is 3. The van der Waals surface area contributed by atoms with Gasteiger partial charge in [0.05, 0.1) is 6.54 Å². The first-order chi connectivity index (χ1) is 10.3. The van der Waals surface area contributed by atoms with E-state index in [1.165, 1.54) is 12.6 Å². The van der Waals surface area contributed by atoms with Gasteiger partial charge in [0.1, 0.15) is 0 Å². The molecule has 3 amide bonds. The summed E-state index contributed by atoms with van der Waals surface area (Å²) in [7, 11) is 1.53. The van der Waals surface area contributed by atoms with Crippen LogP contribution in [0.15, 0.2) is 24.3 Å². The summed E-state index contributed by atoms with van der Waals surface area (Å²) in [5.74, 6) is -0.229. The van der Waals surface area contributed by atoms with E-state index in [4.69, 9.17) is 0 Å². The third-order valence-corrected chi connectivity index (χ3v) is 3.16. The Morgan fingerprint density at radius 1 is 1.09 bits per heavy atom. The van der Waals surface area contributed by atoms with Gasteiger partial charge < -0.3 is 21.3 Å². The predicted molar refractivity (Wildman–Crippen MR) is 89.1 cm³/mol. The second-order valence-electron chi connectivity index (χ2n) is 6.04. The molecule has 1 rings (SSSR count). The zero-order valence-corrected chi connectivity index (χ0v) is 13.7. The number of nitrogens with one attached hydrogen (secondary N) is 4. The summed E-state index contributed by atoms with van der Waals surface area (Å²) in [6.07, 6.45) is 0. The number of likely N-dealkylation sites (N-methyl/N-ethyl adjacent to an activating group) is 1. The molecule has 4 N–H and O–H groups in total. The van der Waals surface area contributed by atoms with Crippen LogP contribution in [0.5, 0.6) is 0 Å². The lowest BCUT2D eigenvalue weighted by atomic mass is 9.87. The second kappa shape index (κ2) is 8.26. The van der Waals surface area contributed by atoms with Crippen molar-refractivity contribution in [3.63, 3.8) is 0 Å². The van der Waals surface area contributed by atoms with Crippen LogP contribution in [0, 0.1) is 0 Å². The highest BCUT2D eigenvalue weighted by Crippen LogP contribution is 2.24. The van der Waals surface area contributed by atoms with Crippen LogP contribution in [0.25, 0.3) is 0 Å². The summed E-state index contributed by atoms with van der Waals surface area (Å²) in [6.45, 7) is 7.57. The van der Waals surface area contributed by atoms with Gasteiger partial charge in [0.25, 0.3) is 0 Å². The van der Waals surface area contributed by atoms with Crippen molar-refractivity contribution in [2.24, 2.45) is 0 Å². The van der Waals surface area contributed by atoms with Gasteiger partial charge in [0.2, 0.25) is 5.91 Å². The van der Waals surface area contributed by atoms with Crippen molar-refractivity contribution in [2.75, 3.05) is 32.0 Å². The van der Waals surface area contributed by atoms with Crippen molar-refractivity contribution in [1.29, 1.82) is 0 Å². The minimum Gasteiger partial charge on any atom is -0.383 e. The minimum absolute atomic E-state index is 0.0244. The highest BCUT2D eigenvalue weighted by Gasteiger charge is 2.13. The lowest BCUT2D eigenvalue weighted by molar-refractivity contribution is -0.119. The summed E-state index contributed by atoms with van der Waals surface area (Å²) in [5.41, 5.74) is 2.39. The van der Waals surface area contributed by atoms with Gasteiger partial charge in [-0.05, 0) is 23.1 Å². The van der Waals surface area contributed by atoms with Crippen LogP contribution < -0.4 is 21.3 Å². The first-order valence-corrected chi connectivity index (χ1v) is 7.39. The number of urea groups is 1. The van der Waals surface area contributed by atoms with E-state index < -0.39 is 0 Å². The lowest BCUT2D eigenvalue weighted by Crippen LogP contribution is -2.42. The van der Waals surface area contributed by atoms with Crippen molar-refractivity contribution in [1.82, 2.24) is 16.0 Å². The number of carbonyl (C=O) groups excluding carboxylic acids is 2. The highest BCUT2D eigenvalue weighted by atomic mass is 16.2. The van der Waals surface area contributed by atoms with Gasteiger partial charge in [-0.25, -0.2) is 4.79 Å². The molecule has 0 heterocycles. The van der Waals surface area contributed by atoms with E-state index in [0.29, 0.717) is 13.1 Å². The van der Waals surface area contributed by atoms with Crippen LogP contribution in [-0.2, 0) is 10.2 Å². The van der Waals surface area contributed by atoms with Gasteiger partial charge in [-0.3, -0.25) is 4.79 Å². The van der Waals surface area contributed by atoms with Crippen LogP contribution >= 0.6 is 0 Å². The molecule has 0 fully saturated rings. The zero-order valence-electron chi connectivity index (χ0n) is 13.7. The van der Waals surface area contributed by atoms with Crippen molar-refractivity contribution >= 4 is 17.6 Å². The Kier molecular flexibility index (Phi) is 6.69. The third-order valence-electron chi connectivity index (χ3n) is 3.16. The van der Waals surface area contributed by atoms with E-state index in [1.807, 2.05) is 12.1 Å². The number of anilines is 1. The fraction of sp³-hybridized carbons (Fsp3) is 0.500. The Labute approximate surface area is 132 Å². The molecule has 0 aliphatic heterocycles. The summed E-state index contributed by atoms with van der Waals surface area (Å²) < 4.78 is 0. The standard InChI is InChI=1S/C16H26N4O2/c1-16(2,3)12-6-5-7-13(10-12)18-8-9-19-15(22)20-11-14(21)17-4/h5-7,10,18H,8-9,11H2,1-4H3,(H,17,21)(H2,19,20,22). The number of hydrogen-bond acceptors (Lipinski definition) is 3. The predicted octanol–water partition coefficient (Wildman–Crippen LogP) is 1.44. The Bertz CT molecular complexity index is 509. The molecule has 0 unspecified atom stereocenters. The number of hydrogen-bond donors (Lipinski definition) is 4. The molecular weight excluding hydrogens is 280 g/mol. The summed E-state index contributed by atoms with van der Waals surface area (Å²) >= 11 is 0. The SMILES string of the molecule is CNC(=O)CNC(=O)NCCNc1cccc(C(C)(C)C)c1. The van der Waals surface area contributed by atoms with Crippen LogP contribution in [0.2, 0.25) is 0 Å². The molecule has 0 saturated heterocycles. The Morgan fingerprint density at radius 3 is 2.45 bits per heavy atom. The molecule has 0 aliphatic rings. The van der Waals surface area contributed by atoms with Gasteiger partial charge in [-0.2, -0.15) is 0 Å². The van der Waals surface area contributed by atoms with Gasteiger partial charge in [0.15, 0.2) is 0 Å². The number of rotatable bonds is 6. The molecular formula is C16H26N4O2. The average Bonchev–Trinajstić information content (AvgIpc) is 2.48. The largest absolute Gasteiger partial charge is 0.383 e. The van der Waals surface area contributed by atoms with Gasteiger partial charge in [0, 0.05) is 25.8 Å². The topological polar surface area (TPSA) is 82.3 Å². The molecule has 1 aromatic carbocycles. The lowest BCUT2D eigenvalue weighted by Gasteiger charge is -2.20. The Balaban J connectivity index is 2.30. The van der Waals surface area contributed by atoms with E-state index in [2.05, 4.69) is 54.2 Å². The quantitative estimate of drug-likeness (QED) is 0.600. The molecule has 6 nitrogen and oxygen atoms in total.